The van der Waals surface area contributed by atoms with Crippen molar-refractivity contribution in [2.75, 3.05) is 6.54 Å². The van der Waals surface area contributed by atoms with Gasteiger partial charge in [-0.3, -0.25) is 0 Å². The minimum Gasteiger partial charge on any atom is -0.411 e. The van der Waals surface area contributed by atoms with Crippen LogP contribution in [-0.2, 0) is 6.54 Å². The fraction of sp³-hybridized carbons (Fsp3) is 0.526. The molecule has 24 heavy (non-hydrogen) atoms. The molecular weight excluding hydrogens is 302 g/mol. The fourth-order valence-corrected chi connectivity index (χ4v) is 4.14. The van der Waals surface area contributed by atoms with Gasteiger partial charge in [-0.2, -0.15) is 0 Å². The van der Waals surface area contributed by atoms with Gasteiger partial charge in [-0.05, 0) is 39.2 Å². The second-order valence-corrected chi connectivity index (χ2v) is 7.16. The normalized spacial score (nSPS) is 26.2. The summed E-state index contributed by atoms with van der Waals surface area (Å²) >= 11 is 0. The fourth-order valence-electron chi connectivity index (χ4n) is 4.14. The molecule has 1 saturated heterocycles. The zero-order valence-corrected chi connectivity index (χ0v) is 14.5. The number of fused-ring (bicyclic) bond motifs is 1. The van der Waals surface area contributed by atoms with Crippen LogP contribution < -0.4 is 4.90 Å². The van der Waals surface area contributed by atoms with Gasteiger partial charge < -0.3 is 19.8 Å². The quantitative estimate of drug-likeness (QED) is 0.443. The number of oxime groups is 1. The zero-order chi connectivity index (χ0) is 17.1. The molecule has 1 fully saturated rings. The van der Waals surface area contributed by atoms with Crippen LogP contribution in [0.4, 0.5) is 0 Å². The average Bonchev–Trinajstić information content (AvgIpc) is 2.90. The SMILES string of the molecule is C[C@@H]1CCC[C@H](C)[NH+]1C[C@H](O)Cn1cc(/C=N\O)c2ccccc21. The van der Waals surface area contributed by atoms with Crippen molar-refractivity contribution in [3.8, 4) is 0 Å². The Morgan fingerprint density at radius 1 is 1.29 bits per heavy atom. The Hall–Kier alpha value is -1.85. The number of aromatic nitrogens is 1. The number of hydrogen-bond donors (Lipinski definition) is 3. The number of hydrogen-bond acceptors (Lipinski definition) is 3. The van der Waals surface area contributed by atoms with Crippen LogP contribution in [0.2, 0.25) is 0 Å². The van der Waals surface area contributed by atoms with E-state index in [0.717, 1.165) is 23.0 Å². The van der Waals surface area contributed by atoms with Crippen molar-refractivity contribution in [3.05, 3.63) is 36.0 Å². The Balaban J connectivity index is 1.77. The summed E-state index contributed by atoms with van der Waals surface area (Å²) in [6.07, 6.45) is 6.80. The lowest BCUT2D eigenvalue weighted by atomic mass is 9.97. The first-order valence-electron chi connectivity index (χ1n) is 8.89. The number of aliphatic hydroxyl groups is 1. The number of quaternary nitrogens is 1. The molecule has 0 bridgehead atoms. The first-order chi connectivity index (χ1) is 11.6. The van der Waals surface area contributed by atoms with Crippen LogP contribution in [0.1, 0.15) is 38.7 Å². The van der Waals surface area contributed by atoms with E-state index in [9.17, 15) is 5.11 Å². The lowest BCUT2D eigenvalue weighted by Gasteiger charge is -2.37. The molecule has 2 aromatic rings. The minimum absolute atomic E-state index is 0.391. The van der Waals surface area contributed by atoms with Gasteiger partial charge in [0, 0.05) is 22.7 Å². The van der Waals surface area contributed by atoms with Crippen molar-refractivity contribution in [1.82, 2.24) is 4.57 Å². The van der Waals surface area contributed by atoms with E-state index in [1.54, 1.807) is 0 Å². The third-order valence-electron chi connectivity index (χ3n) is 5.44. The second-order valence-electron chi connectivity index (χ2n) is 7.16. The molecule has 1 aromatic carbocycles. The first-order valence-corrected chi connectivity index (χ1v) is 8.89. The van der Waals surface area contributed by atoms with Crippen molar-refractivity contribution in [2.24, 2.45) is 5.16 Å². The molecule has 0 amide bonds. The van der Waals surface area contributed by atoms with E-state index >= 15 is 0 Å². The second kappa shape index (κ2) is 7.36. The predicted octanol–water partition coefficient (Wildman–Crippen LogP) is 1.66. The number of nitrogens with zero attached hydrogens (tertiary/aromatic N) is 2. The van der Waals surface area contributed by atoms with Gasteiger partial charge in [0.15, 0.2) is 0 Å². The van der Waals surface area contributed by atoms with Gasteiger partial charge in [-0.15, -0.1) is 0 Å². The van der Waals surface area contributed by atoms with Crippen molar-refractivity contribution in [3.63, 3.8) is 0 Å². The molecule has 4 atom stereocenters. The molecular formula is C19H28N3O2+. The average molecular weight is 330 g/mol. The van der Waals surface area contributed by atoms with Gasteiger partial charge in [0.2, 0.25) is 0 Å². The number of benzene rings is 1. The van der Waals surface area contributed by atoms with E-state index in [2.05, 4.69) is 23.6 Å². The molecule has 1 aliphatic heterocycles. The summed E-state index contributed by atoms with van der Waals surface area (Å²) < 4.78 is 2.07. The lowest BCUT2D eigenvalue weighted by Crippen LogP contribution is -3.20. The standard InChI is InChI=1S/C19H27N3O2/c1-14-6-5-7-15(2)22(14)13-17(23)12-21-11-16(10-20-24)18-8-3-4-9-19(18)21/h3-4,8-11,14-15,17,23-24H,5-7,12-13H2,1-2H3/p+1/b20-10-/t14-,15+,17-/m1/s1. The Morgan fingerprint density at radius 3 is 2.71 bits per heavy atom. The van der Waals surface area contributed by atoms with Gasteiger partial charge in [0.25, 0.3) is 0 Å². The van der Waals surface area contributed by atoms with Gasteiger partial charge in [0.1, 0.15) is 12.6 Å². The summed E-state index contributed by atoms with van der Waals surface area (Å²) in [4.78, 5) is 1.52. The highest BCUT2D eigenvalue weighted by atomic mass is 16.4. The lowest BCUT2D eigenvalue weighted by molar-refractivity contribution is -0.954. The molecule has 2 heterocycles. The molecule has 0 spiro atoms. The van der Waals surface area contributed by atoms with Gasteiger partial charge in [0.05, 0.1) is 24.8 Å². The topological polar surface area (TPSA) is 62.2 Å². The van der Waals surface area contributed by atoms with E-state index in [1.807, 2.05) is 30.5 Å². The summed E-state index contributed by atoms with van der Waals surface area (Å²) in [6, 6.07) is 9.23. The van der Waals surface area contributed by atoms with Gasteiger partial charge in [-0.1, -0.05) is 23.4 Å². The maximum atomic E-state index is 10.7. The Labute approximate surface area is 143 Å². The molecule has 130 valence electrons. The molecule has 0 radical (unpaired) electrons. The van der Waals surface area contributed by atoms with E-state index in [1.165, 1.54) is 30.4 Å². The minimum atomic E-state index is -0.391. The summed E-state index contributed by atoms with van der Waals surface area (Å²) in [7, 11) is 0. The molecule has 5 nitrogen and oxygen atoms in total. The summed E-state index contributed by atoms with van der Waals surface area (Å²) in [5.41, 5.74) is 1.92. The van der Waals surface area contributed by atoms with Crippen LogP contribution in [0.3, 0.4) is 0 Å². The molecule has 3 N–H and O–H groups in total. The molecule has 3 rings (SSSR count). The van der Waals surface area contributed by atoms with Crippen molar-refractivity contribution in [1.29, 1.82) is 0 Å². The highest BCUT2D eigenvalue weighted by Crippen LogP contribution is 2.20. The van der Waals surface area contributed by atoms with Crippen LogP contribution in [0.5, 0.6) is 0 Å². The largest absolute Gasteiger partial charge is 0.411 e. The molecule has 0 saturated carbocycles. The highest BCUT2D eigenvalue weighted by Gasteiger charge is 2.30. The van der Waals surface area contributed by atoms with E-state index in [4.69, 9.17) is 5.21 Å². The van der Waals surface area contributed by atoms with Crippen LogP contribution in [0, 0.1) is 0 Å². The number of rotatable bonds is 5. The highest BCUT2D eigenvalue weighted by molar-refractivity contribution is 5.99. The van der Waals surface area contributed by atoms with E-state index in [-0.39, 0.29) is 0 Å². The maximum absolute atomic E-state index is 10.7. The van der Waals surface area contributed by atoms with Gasteiger partial charge >= 0.3 is 0 Å². The monoisotopic (exact) mass is 330 g/mol. The smallest absolute Gasteiger partial charge is 0.121 e. The van der Waals surface area contributed by atoms with Crippen LogP contribution in [0.25, 0.3) is 10.9 Å². The van der Waals surface area contributed by atoms with Crippen LogP contribution in [-0.4, -0.2) is 45.8 Å². The molecule has 1 unspecified atom stereocenters. The number of likely N-dealkylation sites (tertiary alicyclic amines) is 1. The number of para-hydroxylation sites is 1. The molecule has 1 aromatic heterocycles. The molecule has 5 heteroatoms. The first kappa shape index (κ1) is 17.0. The molecule has 0 aliphatic carbocycles. The van der Waals surface area contributed by atoms with Crippen molar-refractivity contribution in [2.45, 2.75) is 57.8 Å². The van der Waals surface area contributed by atoms with E-state index < -0.39 is 6.10 Å². The third-order valence-corrected chi connectivity index (χ3v) is 5.44. The maximum Gasteiger partial charge on any atom is 0.121 e. The molecule has 1 aliphatic rings. The zero-order valence-electron chi connectivity index (χ0n) is 14.5. The summed E-state index contributed by atoms with van der Waals surface area (Å²) in [6.45, 7) is 5.91. The number of nitrogens with one attached hydrogen (secondary N) is 1. The van der Waals surface area contributed by atoms with Crippen LogP contribution in [0.15, 0.2) is 35.6 Å². The van der Waals surface area contributed by atoms with Crippen molar-refractivity contribution >= 4 is 17.1 Å². The Kier molecular flexibility index (Phi) is 5.21. The number of piperidine rings is 1. The Bertz CT molecular complexity index is 700. The number of aliphatic hydroxyl groups excluding tert-OH is 1. The van der Waals surface area contributed by atoms with Crippen molar-refractivity contribution < 1.29 is 15.2 Å². The van der Waals surface area contributed by atoms with E-state index in [0.29, 0.717) is 18.6 Å². The Morgan fingerprint density at radius 2 is 2.00 bits per heavy atom. The van der Waals surface area contributed by atoms with Crippen LogP contribution >= 0.6 is 0 Å². The predicted molar refractivity (Wildman–Crippen MR) is 95.9 cm³/mol. The summed E-state index contributed by atoms with van der Waals surface area (Å²) in [5, 5.41) is 23.7. The third kappa shape index (κ3) is 3.47. The summed E-state index contributed by atoms with van der Waals surface area (Å²) in [5.74, 6) is 0. The van der Waals surface area contributed by atoms with Gasteiger partial charge in [-0.25, -0.2) is 0 Å².